The summed E-state index contributed by atoms with van der Waals surface area (Å²) in [5.74, 6) is -4.40. The van der Waals surface area contributed by atoms with Gasteiger partial charge in [-0.15, -0.1) is 0 Å². The van der Waals surface area contributed by atoms with Gasteiger partial charge in [0.05, 0.1) is 33.8 Å². The molecule has 1 saturated heterocycles. The fourth-order valence-electron chi connectivity index (χ4n) is 2.78. The average Bonchev–Trinajstić information content (AvgIpc) is 2.61. The van der Waals surface area contributed by atoms with Crippen molar-refractivity contribution in [2.75, 3.05) is 0 Å². The van der Waals surface area contributed by atoms with Crippen molar-refractivity contribution in [2.24, 2.45) is 0 Å². The average molecular weight is 432 g/mol. The zero-order valence-corrected chi connectivity index (χ0v) is 20.3. The molecule has 2 aliphatic heterocycles. The van der Waals surface area contributed by atoms with Gasteiger partial charge >= 0.3 is 59.1 Å². The number of nitrogens with zero attached hydrogens (tertiary/aromatic N) is 2. The maximum atomic E-state index is 12.7. The summed E-state index contributed by atoms with van der Waals surface area (Å²) in [6.45, 7) is 3.36. The summed E-state index contributed by atoms with van der Waals surface area (Å²) in [5.41, 5.74) is -1.21. The normalized spacial score (nSPS) is 21.2. The first-order chi connectivity index (χ1) is 12.7. The van der Waals surface area contributed by atoms with Crippen LogP contribution in [0.3, 0.4) is 0 Å². The molecule has 9 nitrogen and oxygen atoms in total. The van der Waals surface area contributed by atoms with Gasteiger partial charge in [-0.1, -0.05) is 12.6 Å². The summed E-state index contributed by atoms with van der Waals surface area (Å²) in [7, 11) is -4.27. The zero-order chi connectivity index (χ0) is 19.9. The molecule has 3 heterocycles. The molecule has 1 atom stereocenters. The van der Waals surface area contributed by atoms with Crippen LogP contribution in [0.25, 0.3) is 6.08 Å². The van der Waals surface area contributed by atoms with Crippen molar-refractivity contribution in [2.45, 2.75) is 5.37 Å². The molecule has 138 valence electrons. The van der Waals surface area contributed by atoms with Gasteiger partial charge in [0.1, 0.15) is 0 Å². The number of rotatable bonds is 4. The molecule has 1 fully saturated rings. The molecule has 3 rings (SSSR count). The third-order valence-corrected chi connectivity index (χ3v) is 5.93. The van der Waals surface area contributed by atoms with E-state index in [-0.39, 0.29) is 64.7 Å². The second kappa shape index (κ2) is 9.52. The number of hydrogen-bond donors (Lipinski definition) is 0. The van der Waals surface area contributed by atoms with Crippen LogP contribution in [0.2, 0.25) is 0 Å². The van der Waals surface area contributed by atoms with Gasteiger partial charge in [-0.05, 0) is 30.4 Å². The molecule has 1 amide bonds. The molecule has 2 aliphatic rings. The molecule has 0 unspecified atom stereocenters. The van der Waals surface area contributed by atoms with Gasteiger partial charge in [0, 0.05) is 11.8 Å². The number of fused-ring (bicyclic) bond motifs is 1. The molecule has 0 saturated carbocycles. The number of carboxylic acid groups (broad SMARTS) is 2. The Morgan fingerprint density at radius 3 is 2.38 bits per heavy atom. The maximum Gasteiger partial charge on any atom is 1.00 e. The number of amides is 1. The summed E-state index contributed by atoms with van der Waals surface area (Å²) in [5, 5.41) is 20.5. The first-order valence-electron chi connectivity index (χ1n) is 7.40. The van der Waals surface area contributed by atoms with Crippen LogP contribution in [0, 0.1) is 0 Å². The van der Waals surface area contributed by atoms with E-state index >= 15 is 0 Å². The van der Waals surface area contributed by atoms with E-state index in [1.807, 2.05) is 0 Å². The third-order valence-electron chi connectivity index (χ3n) is 3.97. The van der Waals surface area contributed by atoms with Crippen molar-refractivity contribution in [3.8, 4) is 0 Å². The van der Waals surface area contributed by atoms with E-state index in [4.69, 9.17) is 0 Å². The van der Waals surface area contributed by atoms with E-state index < -0.39 is 49.2 Å². The second-order valence-electron chi connectivity index (χ2n) is 5.55. The van der Waals surface area contributed by atoms with Gasteiger partial charge in [0.15, 0.2) is 5.37 Å². The number of sulfone groups is 1. The Hall–Kier alpha value is -1.53. The predicted octanol–water partition coefficient (Wildman–Crippen LogP) is -8.11. The SMILES string of the molecule is C=C1C(/C=C/C(=O)[O-])=C(C(=O)[O-])N2C(=O)/C(=C/c3ccccn3)[C@H]2S1(=O)=O.[Na+].[Na+]. The van der Waals surface area contributed by atoms with Crippen LogP contribution >= 0.6 is 0 Å². The van der Waals surface area contributed by atoms with Crippen LogP contribution in [-0.4, -0.2) is 41.5 Å². The number of carbonyl (C=O) groups is 3. The number of pyridine rings is 1. The Kier molecular flexibility index (Phi) is 8.37. The van der Waals surface area contributed by atoms with E-state index in [0.717, 1.165) is 0 Å². The van der Waals surface area contributed by atoms with E-state index in [2.05, 4.69) is 11.6 Å². The Balaban J connectivity index is 0.00000210. The Labute approximate surface area is 210 Å². The maximum absolute atomic E-state index is 12.7. The molecule has 12 heteroatoms. The number of carboxylic acids is 2. The van der Waals surface area contributed by atoms with Crippen LogP contribution in [0.4, 0.5) is 0 Å². The van der Waals surface area contributed by atoms with Gasteiger partial charge in [0.25, 0.3) is 5.91 Å². The van der Waals surface area contributed by atoms with Gasteiger partial charge in [-0.2, -0.15) is 0 Å². The van der Waals surface area contributed by atoms with Crippen molar-refractivity contribution in [1.82, 2.24) is 9.88 Å². The molecule has 0 aliphatic carbocycles. The molecule has 1 aromatic rings. The number of β-lactam (4-membered cyclic amide) rings is 1. The Morgan fingerprint density at radius 1 is 1.21 bits per heavy atom. The van der Waals surface area contributed by atoms with Crippen LogP contribution in [0.5, 0.6) is 0 Å². The second-order valence-corrected chi connectivity index (χ2v) is 7.58. The Bertz CT molecular complexity index is 1090. The molecular weight excluding hydrogens is 422 g/mol. The molecule has 0 N–H and O–H groups in total. The van der Waals surface area contributed by atoms with Gasteiger partial charge in [0.2, 0.25) is 9.84 Å². The minimum absolute atomic E-state index is 0. The fraction of sp³-hybridized carbons (Fsp3) is 0.0588. The van der Waals surface area contributed by atoms with Crippen molar-refractivity contribution in [3.63, 3.8) is 0 Å². The van der Waals surface area contributed by atoms with Gasteiger partial charge in [-0.3, -0.25) is 14.7 Å². The number of carbonyl (C=O) groups excluding carboxylic acids is 3. The first kappa shape index (κ1) is 25.5. The van der Waals surface area contributed by atoms with E-state index in [9.17, 15) is 33.0 Å². The molecule has 0 aromatic carbocycles. The minimum Gasteiger partial charge on any atom is -0.545 e. The number of aromatic nitrogens is 1. The number of allylic oxidation sites excluding steroid dienone is 2. The smallest absolute Gasteiger partial charge is 0.545 e. The predicted molar refractivity (Wildman–Crippen MR) is 87.1 cm³/mol. The molecule has 0 radical (unpaired) electrons. The molecule has 1 aromatic heterocycles. The first-order valence-corrected chi connectivity index (χ1v) is 8.95. The molecule has 29 heavy (non-hydrogen) atoms. The van der Waals surface area contributed by atoms with Crippen LogP contribution in [-0.2, 0) is 24.2 Å². The van der Waals surface area contributed by atoms with Crippen LogP contribution in [0.1, 0.15) is 5.69 Å². The summed E-state index contributed by atoms with van der Waals surface area (Å²) in [4.78, 5) is 38.5. The summed E-state index contributed by atoms with van der Waals surface area (Å²) in [6, 6.07) is 4.80. The fourth-order valence-corrected chi connectivity index (χ4v) is 4.51. The largest absolute Gasteiger partial charge is 1.00 e. The van der Waals surface area contributed by atoms with Crippen molar-refractivity contribution >= 4 is 33.8 Å². The van der Waals surface area contributed by atoms with E-state index in [1.54, 1.807) is 12.1 Å². The zero-order valence-electron chi connectivity index (χ0n) is 15.5. The van der Waals surface area contributed by atoms with Gasteiger partial charge in [-0.25, -0.2) is 8.42 Å². The summed E-state index contributed by atoms with van der Waals surface area (Å²) in [6.07, 6.45) is 3.82. The standard InChI is InChI=1S/C17H12N2O7S.2Na/c1-9-11(5-6-13(20)21)14(17(23)24)19-15(22)12(16(19)27(9,25)26)8-10-4-2-3-7-18-10;;/h2-8,16H,1H2,(H,20,21)(H,23,24);;/q;2*+1/p-2/b6-5+,12-8-;;/t16-;;/m1../s1. The minimum atomic E-state index is -4.27. The third kappa shape index (κ3) is 4.48. The number of aliphatic carboxylic acids is 2. The summed E-state index contributed by atoms with van der Waals surface area (Å²) >= 11 is 0. The quantitative estimate of drug-likeness (QED) is 0.259. The van der Waals surface area contributed by atoms with Crippen LogP contribution in [0.15, 0.2) is 64.9 Å². The molecule has 0 bridgehead atoms. The molecule has 0 spiro atoms. The monoisotopic (exact) mass is 432 g/mol. The number of hydrogen-bond acceptors (Lipinski definition) is 8. The van der Waals surface area contributed by atoms with Crippen molar-refractivity contribution < 1.29 is 92.1 Å². The van der Waals surface area contributed by atoms with E-state index in [1.165, 1.54) is 18.3 Å². The van der Waals surface area contributed by atoms with Crippen molar-refractivity contribution in [1.29, 1.82) is 0 Å². The van der Waals surface area contributed by atoms with Crippen LogP contribution < -0.4 is 69.3 Å². The van der Waals surface area contributed by atoms with E-state index in [0.29, 0.717) is 22.7 Å². The van der Waals surface area contributed by atoms with Crippen molar-refractivity contribution in [3.05, 3.63) is 70.6 Å². The Morgan fingerprint density at radius 2 is 1.86 bits per heavy atom. The molecular formula is C17H10N2Na2O7S. The van der Waals surface area contributed by atoms with Gasteiger partial charge < -0.3 is 19.8 Å². The summed E-state index contributed by atoms with van der Waals surface area (Å²) < 4.78 is 25.5. The topological polar surface area (TPSA) is 148 Å².